The number of rotatable bonds is 6. The number of hydrogen-bond acceptors (Lipinski definition) is 3. The summed E-state index contributed by atoms with van der Waals surface area (Å²) in [4.78, 5) is 16.9. The first-order valence-electron chi connectivity index (χ1n) is 10.0. The van der Waals surface area contributed by atoms with Crippen LogP contribution in [0.4, 0.5) is 10.1 Å². The summed E-state index contributed by atoms with van der Waals surface area (Å²) in [6, 6.07) is 16.0. The molecule has 0 spiro atoms. The maximum absolute atomic E-state index is 13.1. The Morgan fingerprint density at radius 3 is 2.50 bits per heavy atom. The monoisotopic (exact) mass is 384 g/mol. The molecular formula is C23H29FN2O2. The standard InChI is InChI=1S/C23H29FN2O2/c1-3-23(28)26(20-7-5-4-6-8-20)21-13-14-25(15-17(21)2)16-22(27)18-9-11-19(24)12-10-18/h4-12,17,21-22,27H,3,13-16H2,1-2H3. The van der Waals surface area contributed by atoms with Gasteiger partial charge in [-0.1, -0.05) is 44.2 Å². The number of likely N-dealkylation sites (tertiary alicyclic amines) is 1. The normalized spacial score (nSPS) is 21.3. The van der Waals surface area contributed by atoms with Crippen molar-refractivity contribution < 1.29 is 14.3 Å². The fraction of sp³-hybridized carbons (Fsp3) is 0.435. The molecule has 1 heterocycles. The highest BCUT2D eigenvalue weighted by Crippen LogP contribution is 2.29. The Kier molecular flexibility index (Phi) is 6.81. The Morgan fingerprint density at radius 2 is 1.89 bits per heavy atom. The third-order valence-corrected chi connectivity index (χ3v) is 5.57. The van der Waals surface area contributed by atoms with Gasteiger partial charge in [0.15, 0.2) is 0 Å². The van der Waals surface area contributed by atoms with E-state index in [1.54, 1.807) is 12.1 Å². The summed E-state index contributed by atoms with van der Waals surface area (Å²) in [5.41, 5.74) is 1.68. The molecule has 3 atom stereocenters. The maximum atomic E-state index is 13.1. The van der Waals surface area contributed by atoms with Crippen LogP contribution in [0.2, 0.25) is 0 Å². The predicted molar refractivity (Wildman–Crippen MR) is 110 cm³/mol. The number of carbonyl (C=O) groups is 1. The summed E-state index contributed by atoms with van der Waals surface area (Å²) >= 11 is 0. The van der Waals surface area contributed by atoms with Gasteiger partial charge in [0, 0.05) is 37.8 Å². The van der Waals surface area contributed by atoms with Gasteiger partial charge in [0.1, 0.15) is 5.82 Å². The number of aliphatic hydroxyl groups is 1. The Bertz CT molecular complexity index is 766. The summed E-state index contributed by atoms with van der Waals surface area (Å²) in [6.07, 6.45) is 0.690. The molecule has 3 rings (SSSR count). The van der Waals surface area contributed by atoms with Gasteiger partial charge in [0.05, 0.1) is 6.10 Å². The topological polar surface area (TPSA) is 43.8 Å². The lowest BCUT2D eigenvalue weighted by Crippen LogP contribution is -2.52. The second-order valence-corrected chi connectivity index (χ2v) is 7.61. The van der Waals surface area contributed by atoms with Crippen molar-refractivity contribution >= 4 is 11.6 Å². The van der Waals surface area contributed by atoms with E-state index >= 15 is 0 Å². The van der Waals surface area contributed by atoms with Crippen molar-refractivity contribution in [3.63, 3.8) is 0 Å². The summed E-state index contributed by atoms with van der Waals surface area (Å²) in [6.45, 7) is 6.20. The Labute approximate surface area is 166 Å². The number of para-hydroxylation sites is 1. The molecule has 2 aromatic carbocycles. The second-order valence-electron chi connectivity index (χ2n) is 7.61. The van der Waals surface area contributed by atoms with Gasteiger partial charge in [0.25, 0.3) is 0 Å². The molecule has 1 fully saturated rings. The number of hydrogen-bond donors (Lipinski definition) is 1. The Morgan fingerprint density at radius 1 is 1.21 bits per heavy atom. The van der Waals surface area contributed by atoms with Crippen LogP contribution in [0.1, 0.15) is 38.4 Å². The molecule has 1 saturated heterocycles. The van der Waals surface area contributed by atoms with Crippen molar-refractivity contribution in [3.05, 3.63) is 66.0 Å². The van der Waals surface area contributed by atoms with Crippen LogP contribution in [0.15, 0.2) is 54.6 Å². The van der Waals surface area contributed by atoms with Crippen LogP contribution in [-0.4, -0.2) is 41.6 Å². The lowest BCUT2D eigenvalue weighted by Gasteiger charge is -2.43. The average Bonchev–Trinajstić information content (AvgIpc) is 2.71. The van der Waals surface area contributed by atoms with Crippen molar-refractivity contribution in [2.45, 2.75) is 38.8 Å². The van der Waals surface area contributed by atoms with Gasteiger partial charge in [-0.3, -0.25) is 9.69 Å². The fourth-order valence-electron chi connectivity index (χ4n) is 4.08. The molecule has 1 aliphatic rings. The van der Waals surface area contributed by atoms with E-state index in [0.29, 0.717) is 13.0 Å². The van der Waals surface area contributed by atoms with Crippen LogP contribution >= 0.6 is 0 Å². The number of amides is 1. The minimum atomic E-state index is -0.646. The van der Waals surface area contributed by atoms with Gasteiger partial charge in [-0.2, -0.15) is 0 Å². The molecule has 5 heteroatoms. The number of β-amino-alcohol motifs (C(OH)–C–C–N with tert-alkyl or cyclic N) is 1. The molecule has 0 aliphatic carbocycles. The average molecular weight is 384 g/mol. The van der Waals surface area contributed by atoms with Crippen molar-refractivity contribution in [2.75, 3.05) is 24.5 Å². The Hall–Kier alpha value is -2.24. The van der Waals surface area contributed by atoms with Crippen LogP contribution in [0, 0.1) is 11.7 Å². The lowest BCUT2D eigenvalue weighted by atomic mass is 9.91. The number of carbonyl (C=O) groups excluding carboxylic acids is 1. The third kappa shape index (κ3) is 4.78. The van der Waals surface area contributed by atoms with E-state index < -0.39 is 6.10 Å². The number of anilines is 1. The molecule has 4 nitrogen and oxygen atoms in total. The van der Waals surface area contributed by atoms with E-state index in [4.69, 9.17) is 0 Å². The summed E-state index contributed by atoms with van der Waals surface area (Å²) in [7, 11) is 0. The zero-order chi connectivity index (χ0) is 20.1. The summed E-state index contributed by atoms with van der Waals surface area (Å²) < 4.78 is 13.1. The van der Waals surface area contributed by atoms with Crippen LogP contribution in [-0.2, 0) is 4.79 Å². The van der Waals surface area contributed by atoms with Gasteiger partial charge < -0.3 is 10.0 Å². The first-order chi connectivity index (χ1) is 13.5. The molecule has 0 bridgehead atoms. The molecule has 2 aromatic rings. The highest BCUT2D eigenvalue weighted by atomic mass is 19.1. The van der Waals surface area contributed by atoms with Gasteiger partial charge >= 0.3 is 0 Å². The molecular weight excluding hydrogens is 355 g/mol. The third-order valence-electron chi connectivity index (χ3n) is 5.57. The van der Waals surface area contributed by atoms with Crippen LogP contribution in [0.3, 0.4) is 0 Å². The van der Waals surface area contributed by atoms with Crippen LogP contribution in [0.25, 0.3) is 0 Å². The largest absolute Gasteiger partial charge is 0.387 e. The van der Waals surface area contributed by atoms with Gasteiger partial charge in [-0.25, -0.2) is 4.39 Å². The highest BCUT2D eigenvalue weighted by Gasteiger charge is 2.34. The molecule has 0 radical (unpaired) electrons. The van der Waals surface area contributed by atoms with E-state index in [2.05, 4.69) is 11.8 Å². The molecule has 28 heavy (non-hydrogen) atoms. The van der Waals surface area contributed by atoms with E-state index in [9.17, 15) is 14.3 Å². The summed E-state index contributed by atoms with van der Waals surface area (Å²) in [5, 5.41) is 10.5. The molecule has 3 unspecified atom stereocenters. The molecule has 1 N–H and O–H groups in total. The number of piperidine rings is 1. The first-order valence-corrected chi connectivity index (χ1v) is 10.0. The van der Waals surface area contributed by atoms with E-state index in [1.807, 2.05) is 42.2 Å². The molecule has 150 valence electrons. The van der Waals surface area contributed by atoms with Crippen molar-refractivity contribution in [1.82, 2.24) is 4.90 Å². The number of benzene rings is 2. The molecule has 0 saturated carbocycles. The van der Waals surface area contributed by atoms with Gasteiger partial charge in [-0.15, -0.1) is 0 Å². The molecule has 0 aromatic heterocycles. The van der Waals surface area contributed by atoms with Crippen molar-refractivity contribution in [3.8, 4) is 0 Å². The maximum Gasteiger partial charge on any atom is 0.226 e. The smallest absolute Gasteiger partial charge is 0.226 e. The van der Waals surface area contributed by atoms with E-state index in [1.165, 1.54) is 12.1 Å². The first kappa shape index (κ1) is 20.5. The minimum absolute atomic E-state index is 0.142. The quantitative estimate of drug-likeness (QED) is 0.818. The summed E-state index contributed by atoms with van der Waals surface area (Å²) in [5.74, 6) is 0.125. The van der Waals surface area contributed by atoms with Crippen LogP contribution < -0.4 is 4.90 Å². The van der Waals surface area contributed by atoms with Crippen molar-refractivity contribution in [1.29, 1.82) is 0 Å². The van der Waals surface area contributed by atoms with E-state index in [-0.39, 0.29) is 23.7 Å². The zero-order valence-electron chi connectivity index (χ0n) is 16.6. The highest BCUT2D eigenvalue weighted by molar-refractivity contribution is 5.93. The zero-order valence-corrected chi connectivity index (χ0v) is 16.6. The van der Waals surface area contributed by atoms with E-state index in [0.717, 1.165) is 30.8 Å². The van der Waals surface area contributed by atoms with Crippen LogP contribution in [0.5, 0.6) is 0 Å². The minimum Gasteiger partial charge on any atom is -0.387 e. The van der Waals surface area contributed by atoms with Gasteiger partial charge in [0.2, 0.25) is 5.91 Å². The van der Waals surface area contributed by atoms with Crippen molar-refractivity contribution in [2.24, 2.45) is 5.92 Å². The SMILES string of the molecule is CCC(=O)N(c1ccccc1)C1CCN(CC(O)c2ccc(F)cc2)CC1C. The predicted octanol–water partition coefficient (Wildman–Crippen LogP) is 4.01. The lowest BCUT2D eigenvalue weighted by molar-refractivity contribution is -0.119. The number of halogens is 1. The number of aliphatic hydroxyl groups excluding tert-OH is 1. The fourth-order valence-corrected chi connectivity index (χ4v) is 4.08. The van der Waals surface area contributed by atoms with Gasteiger partial charge in [-0.05, 0) is 42.2 Å². The Balaban J connectivity index is 1.66. The second kappa shape index (κ2) is 9.30. The molecule has 1 aliphatic heterocycles. The molecule has 1 amide bonds. The number of nitrogens with zero attached hydrogens (tertiary/aromatic N) is 2.